The maximum atomic E-state index is 5.78. The van der Waals surface area contributed by atoms with Crippen LogP contribution in [0.3, 0.4) is 0 Å². The van der Waals surface area contributed by atoms with E-state index in [1.54, 1.807) is 0 Å². The van der Waals surface area contributed by atoms with Crippen molar-refractivity contribution in [2.24, 2.45) is 12.8 Å². The van der Waals surface area contributed by atoms with Gasteiger partial charge in [-0.1, -0.05) is 12.1 Å². The molecule has 0 saturated carbocycles. The van der Waals surface area contributed by atoms with Crippen LogP contribution in [-0.2, 0) is 7.05 Å². The van der Waals surface area contributed by atoms with Crippen LogP contribution >= 0.6 is 0 Å². The van der Waals surface area contributed by atoms with E-state index in [0.717, 1.165) is 16.5 Å². The summed E-state index contributed by atoms with van der Waals surface area (Å²) in [5.74, 6) is 0. The van der Waals surface area contributed by atoms with Gasteiger partial charge < -0.3 is 5.73 Å². The zero-order valence-corrected chi connectivity index (χ0v) is 7.86. The summed E-state index contributed by atoms with van der Waals surface area (Å²) >= 11 is 0. The minimum absolute atomic E-state index is 0.0754. The van der Waals surface area contributed by atoms with Crippen molar-refractivity contribution >= 4 is 10.9 Å². The third-order valence-electron chi connectivity index (χ3n) is 2.17. The van der Waals surface area contributed by atoms with Gasteiger partial charge >= 0.3 is 0 Å². The van der Waals surface area contributed by atoms with Gasteiger partial charge in [0.05, 0.1) is 5.52 Å². The Morgan fingerprint density at radius 1 is 1.46 bits per heavy atom. The highest BCUT2D eigenvalue weighted by atomic mass is 15.2. The average molecular weight is 175 g/mol. The van der Waals surface area contributed by atoms with Gasteiger partial charge in [0.25, 0.3) is 0 Å². The second kappa shape index (κ2) is 2.85. The smallest absolute Gasteiger partial charge is 0.0926 e. The van der Waals surface area contributed by atoms with E-state index in [1.165, 1.54) is 0 Å². The van der Waals surface area contributed by atoms with Crippen molar-refractivity contribution in [2.45, 2.75) is 13.0 Å². The molecule has 68 valence electrons. The molecule has 2 aromatic rings. The van der Waals surface area contributed by atoms with E-state index in [0.29, 0.717) is 0 Å². The predicted octanol–water partition coefficient (Wildman–Crippen LogP) is 1.59. The second-order valence-corrected chi connectivity index (χ2v) is 3.41. The van der Waals surface area contributed by atoms with E-state index in [-0.39, 0.29) is 6.04 Å². The van der Waals surface area contributed by atoms with Crippen LogP contribution in [0.1, 0.15) is 18.5 Å². The third-order valence-corrected chi connectivity index (χ3v) is 2.17. The lowest BCUT2D eigenvalue weighted by Gasteiger charge is -2.03. The first kappa shape index (κ1) is 8.26. The minimum atomic E-state index is 0.0754. The van der Waals surface area contributed by atoms with Crippen molar-refractivity contribution in [1.29, 1.82) is 0 Å². The first-order valence-electron chi connectivity index (χ1n) is 4.36. The average Bonchev–Trinajstić information content (AvgIpc) is 2.42. The van der Waals surface area contributed by atoms with Gasteiger partial charge in [-0.25, -0.2) is 0 Å². The molecule has 1 aromatic heterocycles. The molecule has 2 N–H and O–H groups in total. The Morgan fingerprint density at radius 2 is 2.23 bits per heavy atom. The maximum absolute atomic E-state index is 5.78. The van der Waals surface area contributed by atoms with E-state index in [9.17, 15) is 0 Å². The Morgan fingerprint density at radius 3 is 2.92 bits per heavy atom. The number of fused-ring (bicyclic) bond motifs is 1. The van der Waals surface area contributed by atoms with Crippen molar-refractivity contribution in [3.05, 3.63) is 30.0 Å². The zero-order valence-electron chi connectivity index (χ0n) is 7.86. The number of aromatic nitrogens is 2. The van der Waals surface area contributed by atoms with Crippen LogP contribution in [0.4, 0.5) is 0 Å². The van der Waals surface area contributed by atoms with Crippen molar-refractivity contribution in [3.8, 4) is 0 Å². The molecule has 0 bridgehead atoms. The van der Waals surface area contributed by atoms with Gasteiger partial charge in [0.2, 0.25) is 0 Å². The van der Waals surface area contributed by atoms with Gasteiger partial charge in [0.15, 0.2) is 0 Å². The quantitative estimate of drug-likeness (QED) is 0.715. The topological polar surface area (TPSA) is 43.8 Å². The molecule has 0 saturated heterocycles. The SMILES string of the molecule is CC(N)c1ccc2cn(C)nc2c1. The van der Waals surface area contributed by atoms with Crippen LogP contribution < -0.4 is 5.73 Å². The van der Waals surface area contributed by atoms with E-state index in [2.05, 4.69) is 17.2 Å². The molecular formula is C10H13N3. The monoisotopic (exact) mass is 175 g/mol. The first-order valence-corrected chi connectivity index (χ1v) is 4.36. The summed E-state index contributed by atoms with van der Waals surface area (Å²) in [6.45, 7) is 1.98. The molecule has 3 heteroatoms. The fraction of sp³-hybridized carbons (Fsp3) is 0.300. The fourth-order valence-corrected chi connectivity index (χ4v) is 1.44. The number of nitrogens with two attached hydrogens (primary N) is 1. The van der Waals surface area contributed by atoms with Crippen molar-refractivity contribution in [3.63, 3.8) is 0 Å². The summed E-state index contributed by atoms with van der Waals surface area (Å²) in [4.78, 5) is 0. The molecule has 0 aliphatic carbocycles. The highest BCUT2D eigenvalue weighted by Gasteiger charge is 2.02. The zero-order chi connectivity index (χ0) is 9.42. The lowest BCUT2D eigenvalue weighted by atomic mass is 10.1. The number of aryl methyl sites for hydroxylation is 1. The van der Waals surface area contributed by atoms with Gasteiger partial charge in [-0.15, -0.1) is 0 Å². The van der Waals surface area contributed by atoms with Gasteiger partial charge in [-0.3, -0.25) is 4.68 Å². The fourth-order valence-electron chi connectivity index (χ4n) is 1.44. The molecule has 2 rings (SSSR count). The van der Waals surface area contributed by atoms with E-state index >= 15 is 0 Å². The van der Waals surface area contributed by atoms with Crippen molar-refractivity contribution in [2.75, 3.05) is 0 Å². The Kier molecular flexibility index (Phi) is 1.81. The molecule has 1 atom stereocenters. The molecule has 0 aliphatic rings. The van der Waals surface area contributed by atoms with Crippen LogP contribution in [0, 0.1) is 0 Å². The maximum Gasteiger partial charge on any atom is 0.0926 e. The Labute approximate surface area is 77.2 Å². The highest BCUT2D eigenvalue weighted by Crippen LogP contribution is 2.17. The number of hydrogen-bond acceptors (Lipinski definition) is 2. The summed E-state index contributed by atoms with van der Waals surface area (Å²) in [6.07, 6.45) is 2.00. The molecular weight excluding hydrogens is 162 g/mol. The van der Waals surface area contributed by atoms with Crippen LogP contribution in [0.2, 0.25) is 0 Å². The molecule has 0 fully saturated rings. The van der Waals surface area contributed by atoms with E-state index in [1.807, 2.05) is 30.9 Å². The van der Waals surface area contributed by atoms with Crippen LogP contribution in [0.15, 0.2) is 24.4 Å². The molecule has 1 unspecified atom stereocenters. The molecule has 0 aliphatic heterocycles. The summed E-state index contributed by atoms with van der Waals surface area (Å²) in [5, 5.41) is 5.48. The molecule has 3 nitrogen and oxygen atoms in total. The van der Waals surface area contributed by atoms with Crippen molar-refractivity contribution < 1.29 is 0 Å². The molecule has 0 radical (unpaired) electrons. The largest absolute Gasteiger partial charge is 0.324 e. The lowest BCUT2D eigenvalue weighted by Crippen LogP contribution is -2.04. The Hall–Kier alpha value is -1.35. The first-order chi connectivity index (χ1) is 6.16. The molecule has 1 heterocycles. The van der Waals surface area contributed by atoms with Gasteiger partial charge in [0, 0.05) is 24.7 Å². The van der Waals surface area contributed by atoms with E-state index in [4.69, 9.17) is 5.73 Å². The van der Waals surface area contributed by atoms with Gasteiger partial charge in [-0.05, 0) is 18.6 Å². The predicted molar refractivity (Wildman–Crippen MR) is 53.3 cm³/mol. The summed E-state index contributed by atoms with van der Waals surface area (Å²) < 4.78 is 1.82. The van der Waals surface area contributed by atoms with E-state index < -0.39 is 0 Å². The lowest BCUT2D eigenvalue weighted by molar-refractivity contribution is 0.778. The molecule has 1 aromatic carbocycles. The number of rotatable bonds is 1. The summed E-state index contributed by atoms with van der Waals surface area (Å²) in [5.41, 5.74) is 7.92. The molecule has 0 amide bonds. The van der Waals surface area contributed by atoms with Crippen LogP contribution in [0.5, 0.6) is 0 Å². The van der Waals surface area contributed by atoms with Gasteiger partial charge in [-0.2, -0.15) is 5.10 Å². The minimum Gasteiger partial charge on any atom is -0.324 e. The summed E-state index contributed by atoms with van der Waals surface area (Å²) in [7, 11) is 1.92. The normalized spacial score (nSPS) is 13.5. The molecule has 13 heavy (non-hydrogen) atoms. The van der Waals surface area contributed by atoms with Crippen LogP contribution in [-0.4, -0.2) is 9.78 Å². The Bertz CT molecular complexity index is 429. The third kappa shape index (κ3) is 1.42. The number of hydrogen-bond donors (Lipinski definition) is 1. The second-order valence-electron chi connectivity index (χ2n) is 3.41. The number of nitrogens with zero attached hydrogens (tertiary/aromatic N) is 2. The molecule has 0 spiro atoms. The van der Waals surface area contributed by atoms with Crippen molar-refractivity contribution in [1.82, 2.24) is 9.78 Å². The standard InChI is InChI=1S/C10H13N3/c1-7(11)8-3-4-9-6-13(2)12-10(9)5-8/h3-7H,11H2,1-2H3. The number of benzene rings is 1. The Balaban J connectivity index is 2.61. The summed E-state index contributed by atoms with van der Waals surface area (Å²) in [6, 6.07) is 6.22. The van der Waals surface area contributed by atoms with Crippen LogP contribution in [0.25, 0.3) is 10.9 Å². The highest BCUT2D eigenvalue weighted by molar-refractivity contribution is 5.78. The van der Waals surface area contributed by atoms with Gasteiger partial charge in [0.1, 0.15) is 0 Å².